The Morgan fingerprint density at radius 3 is 2.34 bits per heavy atom. The van der Waals surface area contributed by atoms with Crippen LogP contribution in [0.1, 0.15) is 12.0 Å². The van der Waals surface area contributed by atoms with Crippen LogP contribution in [0.15, 0.2) is 53.8 Å². The van der Waals surface area contributed by atoms with Gasteiger partial charge in [0.1, 0.15) is 36.8 Å². The second-order valence-corrected chi connectivity index (χ2v) is 8.96. The summed E-state index contributed by atoms with van der Waals surface area (Å²) in [5.74, 6) is -3.27. The maximum Gasteiger partial charge on any atom is 0.337 e. The number of rotatable bonds is 10. The van der Waals surface area contributed by atoms with Gasteiger partial charge in [0.25, 0.3) is 0 Å². The zero-order chi connectivity index (χ0) is 30.1. The molecule has 3 rings (SSSR count). The van der Waals surface area contributed by atoms with E-state index in [0.29, 0.717) is 5.56 Å². The van der Waals surface area contributed by atoms with Crippen molar-refractivity contribution in [2.75, 3.05) is 27.4 Å². The van der Waals surface area contributed by atoms with Gasteiger partial charge in [0.2, 0.25) is 6.29 Å². The van der Waals surface area contributed by atoms with Crippen molar-refractivity contribution in [3.05, 3.63) is 59.4 Å². The van der Waals surface area contributed by atoms with Gasteiger partial charge in [-0.15, -0.1) is 0 Å². The highest BCUT2D eigenvalue weighted by molar-refractivity contribution is 5.91. The van der Waals surface area contributed by atoms with Crippen LogP contribution in [0.5, 0.6) is 5.75 Å². The van der Waals surface area contributed by atoms with Crippen molar-refractivity contribution in [3.8, 4) is 5.75 Å². The van der Waals surface area contributed by atoms with E-state index in [0.717, 1.165) is 26.6 Å². The van der Waals surface area contributed by atoms with Crippen molar-refractivity contribution in [1.29, 1.82) is 0 Å². The van der Waals surface area contributed by atoms with Crippen LogP contribution in [0.2, 0.25) is 0 Å². The largest absolute Gasteiger partial charge is 0.508 e. The summed E-state index contributed by atoms with van der Waals surface area (Å²) in [5.41, 5.74) is 0.625. The summed E-state index contributed by atoms with van der Waals surface area (Å²) in [6.45, 7) is -1.08. The lowest BCUT2D eigenvalue weighted by Crippen LogP contribution is -2.60. The Morgan fingerprint density at radius 1 is 1.00 bits per heavy atom. The number of carbonyl (C=O) groups is 3. The van der Waals surface area contributed by atoms with Crippen LogP contribution in [0, 0.1) is 5.92 Å². The number of benzene rings is 1. The van der Waals surface area contributed by atoms with E-state index >= 15 is 0 Å². The lowest BCUT2D eigenvalue weighted by Gasteiger charge is -2.41. The summed E-state index contributed by atoms with van der Waals surface area (Å²) >= 11 is 0. The van der Waals surface area contributed by atoms with Gasteiger partial charge >= 0.3 is 17.9 Å². The standard InChI is InChI=1S/C27H32O14/c1-36-21(31)11-17-16(9-10-38-20(30)8-5-14-3-6-15(29)7-4-14)26(39-13-18(17)25(35)37-2)41-27-24(34)23(33)22(32)19(12-28)40-27/h3-9,13,17,19,22-24,26-29,32-34H,10-12H2,1-2H3/b8-5-,16-9+/t17-,19+,22+,23-,24+,26-,27-/m0/s1. The lowest BCUT2D eigenvalue weighted by atomic mass is 9.86. The lowest BCUT2D eigenvalue weighted by molar-refractivity contribution is -0.327. The summed E-state index contributed by atoms with van der Waals surface area (Å²) in [5, 5.41) is 49.4. The Morgan fingerprint density at radius 2 is 1.71 bits per heavy atom. The first kappa shape index (κ1) is 31.7. The maximum atomic E-state index is 12.5. The summed E-state index contributed by atoms with van der Waals surface area (Å²) in [4.78, 5) is 37.0. The molecule has 14 nitrogen and oxygen atoms in total. The molecule has 7 atom stereocenters. The first-order valence-electron chi connectivity index (χ1n) is 12.4. The minimum atomic E-state index is -1.77. The zero-order valence-electron chi connectivity index (χ0n) is 22.2. The van der Waals surface area contributed by atoms with Gasteiger partial charge in [-0.3, -0.25) is 4.79 Å². The average Bonchev–Trinajstić information content (AvgIpc) is 2.97. The average molecular weight is 581 g/mol. The third-order valence-electron chi connectivity index (χ3n) is 6.34. The SMILES string of the molecule is COC(=O)C[C@@H]1C(C(=O)OC)=CO[C@@H](O[C@@H]2O[C@H](CO)[C@@H](O)[C@H](O)[C@H]2O)/C1=C/COC(=O)/C=C\c1ccc(O)cc1. The predicted molar refractivity (Wildman–Crippen MR) is 136 cm³/mol. The number of aliphatic hydroxyl groups excluding tert-OH is 4. The van der Waals surface area contributed by atoms with E-state index in [1.54, 1.807) is 12.1 Å². The number of ether oxygens (including phenoxy) is 6. The third kappa shape index (κ3) is 8.13. The summed E-state index contributed by atoms with van der Waals surface area (Å²) in [7, 11) is 2.28. The molecule has 1 saturated heterocycles. The minimum absolute atomic E-state index is 0.0634. The predicted octanol–water partition coefficient (Wildman–Crippen LogP) is -0.716. The summed E-state index contributed by atoms with van der Waals surface area (Å²) in [6.07, 6.45) is -4.95. The second kappa shape index (κ2) is 14.7. The van der Waals surface area contributed by atoms with Gasteiger partial charge in [-0.05, 0) is 29.8 Å². The normalized spacial score (nSPS) is 29.0. The number of hydrogen-bond acceptors (Lipinski definition) is 14. The van der Waals surface area contributed by atoms with Gasteiger partial charge in [0.05, 0.1) is 39.1 Å². The van der Waals surface area contributed by atoms with Crippen LogP contribution >= 0.6 is 0 Å². The molecule has 0 amide bonds. The van der Waals surface area contributed by atoms with E-state index in [-0.39, 0.29) is 29.9 Å². The van der Waals surface area contributed by atoms with Crippen molar-refractivity contribution in [3.63, 3.8) is 0 Å². The number of phenols is 1. The van der Waals surface area contributed by atoms with Crippen LogP contribution < -0.4 is 0 Å². The van der Waals surface area contributed by atoms with Gasteiger partial charge in [-0.25, -0.2) is 9.59 Å². The molecule has 0 aliphatic carbocycles. The number of aromatic hydroxyl groups is 1. The number of phenolic OH excluding ortho intramolecular Hbond substituents is 1. The molecule has 14 heteroatoms. The molecule has 1 aromatic rings. The zero-order valence-corrected chi connectivity index (χ0v) is 22.2. The van der Waals surface area contributed by atoms with Gasteiger partial charge in [-0.1, -0.05) is 12.1 Å². The molecule has 0 radical (unpaired) electrons. The van der Waals surface area contributed by atoms with E-state index in [9.17, 15) is 39.9 Å². The first-order chi connectivity index (χ1) is 19.6. The molecule has 0 unspecified atom stereocenters. The highest BCUT2D eigenvalue weighted by Gasteiger charge is 2.47. The fourth-order valence-corrected chi connectivity index (χ4v) is 4.09. The molecule has 0 saturated carbocycles. The highest BCUT2D eigenvalue weighted by atomic mass is 16.8. The Bertz CT molecular complexity index is 1160. The number of methoxy groups -OCH3 is 2. The smallest absolute Gasteiger partial charge is 0.337 e. The van der Waals surface area contributed by atoms with E-state index < -0.39 is 67.4 Å². The number of esters is 3. The third-order valence-corrected chi connectivity index (χ3v) is 6.34. The Kier molecular flexibility index (Phi) is 11.4. The maximum absolute atomic E-state index is 12.5. The summed E-state index contributed by atoms with van der Waals surface area (Å²) < 4.78 is 31.4. The first-order valence-corrected chi connectivity index (χ1v) is 12.4. The molecule has 2 aliphatic rings. The van der Waals surface area contributed by atoms with Gasteiger partial charge in [-0.2, -0.15) is 0 Å². The molecule has 0 bridgehead atoms. The topological polar surface area (TPSA) is 208 Å². The van der Waals surface area contributed by atoms with Crippen LogP contribution in [-0.2, 0) is 42.8 Å². The molecule has 0 aromatic heterocycles. The van der Waals surface area contributed by atoms with Gasteiger partial charge < -0.3 is 54.0 Å². The van der Waals surface area contributed by atoms with E-state index in [2.05, 4.69) is 0 Å². The number of hydrogen-bond donors (Lipinski definition) is 5. The minimum Gasteiger partial charge on any atom is -0.508 e. The molecule has 5 N–H and O–H groups in total. The molecule has 2 aliphatic heterocycles. The van der Waals surface area contributed by atoms with E-state index in [1.807, 2.05) is 0 Å². The van der Waals surface area contributed by atoms with Crippen LogP contribution in [-0.4, -0.2) is 108 Å². The quantitative estimate of drug-likeness (QED) is 0.100. The van der Waals surface area contributed by atoms with Gasteiger partial charge in [0, 0.05) is 17.6 Å². The molecule has 224 valence electrons. The Balaban J connectivity index is 1.86. The Labute approximate surface area is 234 Å². The van der Waals surface area contributed by atoms with Crippen molar-refractivity contribution in [2.45, 2.75) is 43.4 Å². The molecule has 1 aromatic carbocycles. The monoisotopic (exact) mass is 580 g/mol. The van der Waals surface area contributed by atoms with Crippen LogP contribution in [0.3, 0.4) is 0 Å². The van der Waals surface area contributed by atoms with Crippen molar-refractivity contribution >= 4 is 24.0 Å². The molecule has 1 fully saturated rings. The van der Waals surface area contributed by atoms with Gasteiger partial charge in [0.15, 0.2) is 6.29 Å². The van der Waals surface area contributed by atoms with E-state index in [1.165, 1.54) is 24.3 Å². The molecule has 0 spiro atoms. The van der Waals surface area contributed by atoms with Crippen molar-refractivity contribution < 1.29 is 68.3 Å². The van der Waals surface area contributed by atoms with Crippen LogP contribution in [0.25, 0.3) is 6.08 Å². The van der Waals surface area contributed by atoms with Crippen LogP contribution in [0.4, 0.5) is 0 Å². The molecule has 2 heterocycles. The fraction of sp³-hybridized carbons (Fsp3) is 0.444. The van der Waals surface area contributed by atoms with Crippen molar-refractivity contribution in [2.24, 2.45) is 5.92 Å². The fourth-order valence-electron chi connectivity index (χ4n) is 4.09. The Hall–Kier alpha value is -3.79. The number of carbonyl (C=O) groups excluding carboxylic acids is 3. The molecular weight excluding hydrogens is 548 g/mol. The summed E-state index contributed by atoms with van der Waals surface area (Å²) in [6, 6.07) is 6.06. The molecular formula is C27H32O14. The van der Waals surface area contributed by atoms with Crippen molar-refractivity contribution in [1.82, 2.24) is 0 Å². The highest BCUT2D eigenvalue weighted by Crippen LogP contribution is 2.36. The number of aliphatic hydroxyl groups is 4. The molecule has 41 heavy (non-hydrogen) atoms. The second-order valence-electron chi connectivity index (χ2n) is 8.96. The van der Waals surface area contributed by atoms with E-state index in [4.69, 9.17) is 28.4 Å².